The minimum Gasteiger partial charge on any atom is -0.343 e. The Kier molecular flexibility index (Phi) is 4.48. The van der Waals surface area contributed by atoms with Crippen LogP contribution in [0.4, 0.5) is 0 Å². The lowest BCUT2D eigenvalue weighted by Crippen LogP contribution is -2.21. The monoisotopic (exact) mass is 426 g/mol. The standard InChI is InChI=1S/C30H22N2O/c1-31-25-20-12-11-19-24(25)27-29(31)26(21-13-5-2-6-14-21)28(22-15-7-3-8-16-22)32(30(27)33)23-17-9-4-10-18-23/h2-20H,1H3. The second-order valence-corrected chi connectivity index (χ2v) is 8.23. The van der Waals surface area contributed by atoms with E-state index in [1.54, 1.807) is 0 Å². The van der Waals surface area contributed by atoms with E-state index < -0.39 is 0 Å². The van der Waals surface area contributed by atoms with Crippen molar-refractivity contribution in [3.05, 3.63) is 126 Å². The van der Waals surface area contributed by atoms with Crippen molar-refractivity contribution < 1.29 is 0 Å². The zero-order chi connectivity index (χ0) is 22.4. The van der Waals surface area contributed by atoms with Gasteiger partial charge in [0.15, 0.2) is 0 Å². The summed E-state index contributed by atoms with van der Waals surface area (Å²) in [7, 11) is 2.05. The van der Waals surface area contributed by atoms with Crippen molar-refractivity contribution in [2.75, 3.05) is 0 Å². The Labute approximate surface area is 191 Å². The molecule has 0 aliphatic heterocycles. The molecule has 0 radical (unpaired) electrons. The van der Waals surface area contributed by atoms with Gasteiger partial charge in [-0.2, -0.15) is 0 Å². The van der Waals surface area contributed by atoms with Crippen molar-refractivity contribution in [1.29, 1.82) is 0 Å². The molecule has 0 amide bonds. The zero-order valence-electron chi connectivity index (χ0n) is 18.3. The third-order valence-corrected chi connectivity index (χ3v) is 6.35. The van der Waals surface area contributed by atoms with Gasteiger partial charge in [0.1, 0.15) is 0 Å². The molecule has 4 aromatic carbocycles. The minimum absolute atomic E-state index is 0.00784. The first-order valence-corrected chi connectivity index (χ1v) is 11.1. The quantitative estimate of drug-likeness (QED) is 0.305. The van der Waals surface area contributed by atoms with Crippen LogP contribution in [0.3, 0.4) is 0 Å². The number of rotatable bonds is 3. The second kappa shape index (κ2) is 7.64. The Morgan fingerprint density at radius 2 is 1.15 bits per heavy atom. The molecule has 0 atom stereocenters. The SMILES string of the molecule is Cn1c2ccccc2c2c(=O)n(-c3ccccc3)c(-c3ccccc3)c(-c3ccccc3)c21. The van der Waals surface area contributed by atoms with Crippen LogP contribution in [0.1, 0.15) is 0 Å². The maximum absolute atomic E-state index is 14.3. The number of benzene rings is 4. The number of pyridine rings is 1. The molecule has 33 heavy (non-hydrogen) atoms. The Morgan fingerprint density at radius 1 is 0.606 bits per heavy atom. The number of aryl methyl sites for hydroxylation is 1. The molecule has 2 aromatic heterocycles. The van der Waals surface area contributed by atoms with Crippen LogP contribution in [0.5, 0.6) is 0 Å². The van der Waals surface area contributed by atoms with E-state index in [0.717, 1.165) is 49.9 Å². The highest BCUT2D eigenvalue weighted by atomic mass is 16.1. The number of hydrogen-bond acceptors (Lipinski definition) is 1. The molecular weight excluding hydrogens is 404 g/mol. The lowest BCUT2D eigenvalue weighted by Gasteiger charge is -2.20. The summed E-state index contributed by atoms with van der Waals surface area (Å²) in [4.78, 5) is 14.3. The zero-order valence-corrected chi connectivity index (χ0v) is 18.3. The molecule has 2 heterocycles. The van der Waals surface area contributed by atoms with Crippen LogP contribution in [-0.2, 0) is 7.05 Å². The molecule has 3 nitrogen and oxygen atoms in total. The van der Waals surface area contributed by atoms with E-state index in [2.05, 4.69) is 54.1 Å². The van der Waals surface area contributed by atoms with Gasteiger partial charge < -0.3 is 4.57 Å². The molecular formula is C30H22N2O. The molecule has 0 aliphatic carbocycles. The molecule has 0 saturated carbocycles. The molecule has 0 spiro atoms. The van der Waals surface area contributed by atoms with Crippen molar-refractivity contribution in [2.24, 2.45) is 7.05 Å². The van der Waals surface area contributed by atoms with E-state index >= 15 is 0 Å². The lowest BCUT2D eigenvalue weighted by molar-refractivity contribution is 0.991. The first-order valence-electron chi connectivity index (χ1n) is 11.1. The van der Waals surface area contributed by atoms with Gasteiger partial charge in [0.2, 0.25) is 0 Å². The first kappa shape index (κ1) is 19.3. The van der Waals surface area contributed by atoms with Crippen molar-refractivity contribution in [1.82, 2.24) is 9.13 Å². The minimum atomic E-state index is -0.00784. The molecule has 158 valence electrons. The largest absolute Gasteiger partial charge is 0.343 e. The average Bonchev–Trinajstić information content (AvgIpc) is 3.18. The molecule has 3 heteroatoms. The molecule has 0 saturated heterocycles. The maximum Gasteiger partial charge on any atom is 0.265 e. The van der Waals surface area contributed by atoms with Crippen molar-refractivity contribution >= 4 is 21.8 Å². The Balaban J connectivity index is 1.95. The predicted octanol–water partition coefficient (Wildman–Crippen LogP) is 6.82. The number of fused-ring (bicyclic) bond motifs is 3. The van der Waals surface area contributed by atoms with E-state index in [1.165, 1.54) is 0 Å². The summed E-state index contributed by atoms with van der Waals surface area (Å²) in [5.74, 6) is 0. The summed E-state index contributed by atoms with van der Waals surface area (Å²) in [5, 5.41) is 1.72. The van der Waals surface area contributed by atoms with Crippen LogP contribution in [0.2, 0.25) is 0 Å². The number of para-hydroxylation sites is 2. The first-order chi connectivity index (χ1) is 16.3. The maximum atomic E-state index is 14.3. The Bertz CT molecular complexity index is 1660. The summed E-state index contributed by atoms with van der Waals surface area (Å²) in [6, 6.07) is 38.7. The Morgan fingerprint density at radius 3 is 1.82 bits per heavy atom. The van der Waals surface area contributed by atoms with Crippen molar-refractivity contribution in [3.8, 4) is 28.1 Å². The van der Waals surface area contributed by atoms with Gasteiger partial charge in [-0.1, -0.05) is 97.1 Å². The molecule has 0 aliphatic rings. The van der Waals surface area contributed by atoms with Crippen LogP contribution in [0.25, 0.3) is 49.9 Å². The van der Waals surface area contributed by atoms with Gasteiger partial charge in [0.25, 0.3) is 5.56 Å². The second-order valence-electron chi connectivity index (χ2n) is 8.23. The van der Waals surface area contributed by atoms with Gasteiger partial charge in [-0.25, -0.2) is 0 Å². The third kappa shape index (κ3) is 2.94. The molecule has 0 bridgehead atoms. The van der Waals surface area contributed by atoms with Gasteiger partial charge in [-0.05, 0) is 29.3 Å². The number of hydrogen-bond donors (Lipinski definition) is 0. The van der Waals surface area contributed by atoms with Crippen LogP contribution < -0.4 is 5.56 Å². The average molecular weight is 427 g/mol. The van der Waals surface area contributed by atoms with Crippen LogP contribution in [-0.4, -0.2) is 9.13 Å². The van der Waals surface area contributed by atoms with E-state index in [-0.39, 0.29) is 5.56 Å². The fourth-order valence-corrected chi connectivity index (χ4v) is 4.91. The summed E-state index contributed by atoms with van der Waals surface area (Å²) in [6.07, 6.45) is 0. The number of nitrogens with zero attached hydrogens (tertiary/aromatic N) is 2. The fraction of sp³-hybridized carbons (Fsp3) is 0.0333. The Hall–Kier alpha value is -4.37. The van der Waals surface area contributed by atoms with Gasteiger partial charge in [-0.15, -0.1) is 0 Å². The highest BCUT2D eigenvalue weighted by Gasteiger charge is 2.24. The van der Waals surface area contributed by atoms with E-state index in [9.17, 15) is 4.79 Å². The number of aromatic nitrogens is 2. The topological polar surface area (TPSA) is 26.9 Å². The van der Waals surface area contributed by atoms with Gasteiger partial charge >= 0.3 is 0 Å². The molecule has 6 aromatic rings. The van der Waals surface area contributed by atoms with Crippen molar-refractivity contribution in [3.63, 3.8) is 0 Å². The van der Waals surface area contributed by atoms with Gasteiger partial charge in [0.05, 0.1) is 16.6 Å². The highest BCUT2D eigenvalue weighted by Crippen LogP contribution is 2.40. The van der Waals surface area contributed by atoms with Crippen LogP contribution >= 0.6 is 0 Å². The normalized spacial score (nSPS) is 11.3. The summed E-state index contributed by atoms with van der Waals surface area (Å²) < 4.78 is 4.04. The van der Waals surface area contributed by atoms with E-state index in [4.69, 9.17) is 0 Å². The lowest BCUT2D eigenvalue weighted by atomic mass is 9.96. The smallest absolute Gasteiger partial charge is 0.265 e. The van der Waals surface area contributed by atoms with E-state index in [1.807, 2.05) is 77.4 Å². The molecule has 0 unspecified atom stereocenters. The van der Waals surface area contributed by atoms with Crippen LogP contribution in [0, 0.1) is 0 Å². The molecule has 0 N–H and O–H groups in total. The summed E-state index contributed by atoms with van der Waals surface area (Å²) in [5.41, 5.74) is 6.89. The van der Waals surface area contributed by atoms with Gasteiger partial charge in [-0.3, -0.25) is 9.36 Å². The third-order valence-electron chi connectivity index (χ3n) is 6.35. The fourth-order valence-electron chi connectivity index (χ4n) is 4.91. The van der Waals surface area contributed by atoms with E-state index in [0.29, 0.717) is 0 Å². The van der Waals surface area contributed by atoms with Gasteiger partial charge in [0, 0.05) is 29.2 Å². The predicted molar refractivity (Wildman–Crippen MR) is 137 cm³/mol. The van der Waals surface area contributed by atoms with Crippen molar-refractivity contribution in [2.45, 2.75) is 0 Å². The molecule has 6 rings (SSSR count). The van der Waals surface area contributed by atoms with Crippen LogP contribution in [0.15, 0.2) is 120 Å². The highest BCUT2D eigenvalue weighted by molar-refractivity contribution is 6.14. The molecule has 0 fully saturated rings. The summed E-state index contributed by atoms with van der Waals surface area (Å²) in [6.45, 7) is 0. The summed E-state index contributed by atoms with van der Waals surface area (Å²) >= 11 is 0.